The first-order chi connectivity index (χ1) is 7.61. The Labute approximate surface area is 93.6 Å². The summed E-state index contributed by atoms with van der Waals surface area (Å²) in [5.41, 5.74) is 0.449. The standard InChI is InChI=1S/C12H14O4/c13-11(14)8-10(12(15)16)9-6-4-2-1-3-5-7-9/h2,4,6,8H,1,3,5,7H2,(H,13,14)(H,15,16)/b4-2?,9-6?,10-8-. The molecule has 0 unspecified atom stereocenters. The van der Waals surface area contributed by atoms with Crippen molar-refractivity contribution in [1.29, 1.82) is 0 Å². The lowest BCUT2D eigenvalue weighted by Gasteiger charge is -2.08. The molecule has 1 aliphatic rings. The molecule has 0 aromatic heterocycles. The lowest BCUT2D eigenvalue weighted by molar-refractivity contribution is -0.134. The number of allylic oxidation sites excluding steroid dienone is 3. The average molecular weight is 222 g/mol. The molecule has 0 saturated carbocycles. The fraction of sp³-hybridized carbons (Fsp3) is 0.333. The molecule has 4 nitrogen and oxygen atoms in total. The van der Waals surface area contributed by atoms with Gasteiger partial charge in [0.25, 0.3) is 0 Å². The normalized spacial score (nSPS) is 17.2. The second kappa shape index (κ2) is 5.90. The Morgan fingerprint density at radius 2 is 2.00 bits per heavy atom. The van der Waals surface area contributed by atoms with Crippen LogP contribution >= 0.6 is 0 Å². The van der Waals surface area contributed by atoms with Crippen LogP contribution in [-0.4, -0.2) is 22.2 Å². The molecule has 0 fully saturated rings. The van der Waals surface area contributed by atoms with Gasteiger partial charge in [0.15, 0.2) is 0 Å². The van der Waals surface area contributed by atoms with Crippen LogP contribution in [0.1, 0.15) is 25.7 Å². The maximum absolute atomic E-state index is 10.9. The van der Waals surface area contributed by atoms with Crippen LogP contribution in [0.4, 0.5) is 0 Å². The summed E-state index contributed by atoms with van der Waals surface area (Å²) in [5, 5.41) is 17.5. The molecule has 0 amide bonds. The van der Waals surface area contributed by atoms with Crippen molar-refractivity contribution in [3.05, 3.63) is 35.5 Å². The molecule has 0 atom stereocenters. The van der Waals surface area contributed by atoms with E-state index in [-0.39, 0.29) is 5.57 Å². The van der Waals surface area contributed by atoms with Crippen LogP contribution in [0, 0.1) is 0 Å². The summed E-state index contributed by atoms with van der Waals surface area (Å²) >= 11 is 0. The largest absolute Gasteiger partial charge is 0.478 e. The van der Waals surface area contributed by atoms with Gasteiger partial charge < -0.3 is 10.2 Å². The molecular formula is C12H14O4. The van der Waals surface area contributed by atoms with Crippen molar-refractivity contribution in [2.45, 2.75) is 25.7 Å². The molecule has 0 spiro atoms. The minimum Gasteiger partial charge on any atom is -0.478 e. The zero-order chi connectivity index (χ0) is 12.0. The van der Waals surface area contributed by atoms with Crippen molar-refractivity contribution in [2.75, 3.05) is 0 Å². The van der Waals surface area contributed by atoms with Crippen LogP contribution < -0.4 is 0 Å². The summed E-state index contributed by atoms with van der Waals surface area (Å²) < 4.78 is 0. The van der Waals surface area contributed by atoms with Crippen molar-refractivity contribution >= 4 is 11.9 Å². The fourth-order valence-electron chi connectivity index (χ4n) is 1.58. The lowest BCUT2D eigenvalue weighted by Crippen LogP contribution is -2.07. The molecular weight excluding hydrogens is 208 g/mol. The first-order valence-corrected chi connectivity index (χ1v) is 5.15. The van der Waals surface area contributed by atoms with Gasteiger partial charge in [-0.05, 0) is 31.3 Å². The summed E-state index contributed by atoms with van der Waals surface area (Å²) in [6, 6.07) is 0. The Hall–Kier alpha value is -1.84. The molecule has 16 heavy (non-hydrogen) atoms. The second-order valence-corrected chi connectivity index (χ2v) is 3.57. The molecule has 0 aliphatic heterocycles. The predicted molar refractivity (Wildman–Crippen MR) is 59.0 cm³/mol. The summed E-state index contributed by atoms with van der Waals surface area (Å²) in [4.78, 5) is 21.5. The lowest BCUT2D eigenvalue weighted by atomic mass is 9.97. The minimum absolute atomic E-state index is 0.126. The van der Waals surface area contributed by atoms with E-state index in [2.05, 4.69) is 0 Å². The van der Waals surface area contributed by atoms with Crippen LogP contribution in [0.2, 0.25) is 0 Å². The van der Waals surface area contributed by atoms with Crippen molar-refractivity contribution in [1.82, 2.24) is 0 Å². The van der Waals surface area contributed by atoms with Gasteiger partial charge in [0.05, 0.1) is 5.57 Å². The molecule has 0 bridgehead atoms. The van der Waals surface area contributed by atoms with Gasteiger partial charge in [-0.2, -0.15) is 0 Å². The van der Waals surface area contributed by atoms with Gasteiger partial charge in [-0.1, -0.05) is 18.2 Å². The minimum atomic E-state index is -1.23. The average Bonchev–Trinajstić information content (AvgIpc) is 2.13. The Morgan fingerprint density at radius 1 is 1.25 bits per heavy atom. The fourth-order valence-corrected chi connectivity index (χ4v) is 1.58. The van der Waals surface area contributed by atoms with Gasteiger partial charge >= 0.3 is 11.9 Å². The van der Waals surface area contributed by atoms with Crippen LogP contribution in [0.5, 0.6) is 0 Å². The van der Waals surface area contributed by atoms with E-state index in [4.69, 9.17) is 10.2 Å². The second-order valence-electron chi connectivity index (χ2n) is 3.57. The molecule has 0 heterocycles. The summed E-state index contributed by atoms with van der Waals surface area (Å²) in [5.74, 6) is -2.42. The molecule has 1 rings (SSSR count). The number of carboxylic acid groups (broad SMARTS) is 2. The first kappa shape index (κ1) is 12.2. The number of rotatable bonds is 3. The highest BCUT2D eigenvalue weighted by Gasteiger charge is 2.14. The van der Waals surface area contributed by atoms with E-state index < -0.39 is 11.9 Å². The topological polar surface area (TPSA) is 74.6 Å². The maximum atomic E-state index is 10.9. The quantitative estimate of drug-likeness (QED) is 0.717. The number of hydrogen-bond donors (Lipinski definition) is 2. The Balaban J connectivity index is 3.01. The van der Waals surface area contributed by atoms with E-state index >= 15 is 0 Å². The summed E-state index contributed by atoms with van der Waals surface area (Å²) in [6.07, 6.45) is 9.64. The first-order valence-electron chi connectivity index (χ1n) is 5.15. The summed E-state index contributed by atoms with van der Waals surface area (Å²) in [7, 11) is 0. The van der Waals surface area contributed by atoms with Gasteiger partial charge in [0.1, 0.15) is 0 Å². The van der Waals surface area contributed by atoms with Gasteiger partial charge in [-0.15, -0.1) is 0 Å². The van der Waals surface area contributed by atoms with Gasteiger partial charge in [-0.25, -0.2) is 9.59 Å². The highest BCUT2D eigenvalue weighted by molar-refractivity contribution is 5.98. The van der Waals surface area contributed by atoms with Gasteiger partial charge in [0, 0.05) is 6.08 Å². The third-order valence-corrected chi connectivity index (χ3v) is 2.34. The Kier molecular flexibility index (Phi) is 4.51. The molecule has 0 radical (unpaired) electrons. The zero-order valence-corrected chi connectivity index (χ0v) is 8.85. The van der Waals surface area contributed by atoms with Crippen molar-refractivity contribution in [3.8, 4) is 0 Å². The molecule has 86 valence electrons. The van der Waals surface area contributed by atoms with E-state index in [1.54, 1.807) is 12.2 Å². The molecule has 0 aromatic carbocycles. The maximum Gasteiger partial charge on any atom is 0.336 e. The van der Waals surface area contributed by atoms with Crippen molar-refractivity contribution < 1.29 is 19.8 Å². The van der Waals surface area contributed by atoms with Gasteiger partial charge in [-0.3, -0.25) is 0 Å². The summed E-state index contributed by atoms with van der Waals surface area (Å²) in [6.45, 7) is 0. The van der Waals surface area contributed by atoms with Crippen LogP contribution in [0.15, 0.2) is 35.5 Å². The molecule has 1 aliphatic carbocycles. The van der Waals surface area contributed by atoms with Crippen LogP contribution in [0.25, 0.3) is 0 Å². The zero-order valence-electron chi connectivity index (χ0n) is 8.85. The molecule has 4 heteroatoms. The highest BCUT2D eigenvalue weighted by atomic mass is 16.4. The predicted octanol–water partition coefficient (Wildman–Crippen LogP) is 2.14. The Bertz CT molecular complexity index is 374. The highest BCUT2D eigenvalue weighted by Crippen LogP contribution is 2.20. The van der Waals surface area contributed by atoms with Crippen molar-refractivity contribution in [3.63, 3.8) is 0 Å². The smallest absolute Gasteiger partial charge is 0.336 e. The third-order valence-electron chi connectivity index (χ3n) is 2.34. The monoisotopic (exact) mass is 222 g/mol. The number of aliphatic carboxylic acids is 2. The number of carbonyl (C=O) groups is 2. The Morgan fingerprint density at radius 3 is 2.62 bits per heavy atom. The number of carboxylic acids is 2. The third kappa shape index (κ3) is 3.73. The molecule has 2 N–H and O–H groups in total. The van der Waals surface area contributed by atoms with E-state index in [0.717, 1.165) is 25.3 Å². The van der Waals surface area contributed by atoms with E-state index in [1.807, 2.05) is 6.08 Å². The van der Waals surface area contributed by atoms with Crippen LogP contribution in [-0.2, 0) is 9.59 Å². The molecule has 0 saturated heterocycles. The van der Waals surface area contributed by atoms with E-state index in [1.165, 1.54) is 0 Å². The SMILES string of the molecule is O=C(O)/C=C(\C(=O)O)C1=CC=CCCCC1. The number of hydrogen-bond acceptors (Lipinski definition) is 2. The molecule has 0 aromatic rings. The van der Waals surface area contributed by atoms with E-state index in [9.17, 15) is 9.59 Å². The van der Waals surface area contributed by atoms with Crippen LogP contribution in [0.3, 0.4) is 0 Å². The van der Waals surface area contributed by atoms with Gasteiger partial charge in [0.2, 0.25) is 0 Å². The van der Waals surface area contributed by atoms with E-state index in [0.29, 0.717) is 12.0 Å². The van der Waals surface area contributed by atoms with Crippen molar-refractivity contribution in [2.24, 2.45) is 0 Å².